The van der Waals surface area contributed by atoms with E-state index < -0.39 is 6.04 Å². The van der Waals surface area contributed by atoms with Gasteiger partial charge < -0.3 is 5.73 Å². The Bertz CT molecular complexity index is 732. The van der Waals surface area contributed by atoms with Gasteiger partial charge in [0, 0.05) is 5.56 Å². The largest absolute Gasteiger partial charge is 0.318 e. The summed E-state index contributed by atoms with van der Waals surface area (Å²) < 4.78 is 12.9. The van der Waals surface area contributed by atoms with Crippen molar-refractivity contribution in [1.29, 1.82) is 0 Å². The van der Waals surface area contributed by atoms with E-state index in [4.69, 9.17) is 5.73 Å². The van der Waals surface area contributed by atoms with Crippen molar-refractivity contribution in [3.63, 3.8) is 0 Å². The average Bonchev–Trinajstić information content (AvgIpc) is 2.98. The topological polar surface area (TPSA) is 67.6 Å². The second-order valence-corrected chi connectivity index (χ2v) is 4.94. The van der Waals surface area contributed by atoms with Crippen molar-refractivity contribution in [3.05, 3.63) is 71.3 Å². The number of H-pyrrole nitrogens is 1. The first-order valence-electron chi connectivity index (χ1n) is 6.64. The van der Waals surface area contributed by atoms with Crippen LogP contribution in [-0.2, 0) is 0 Å². The fourth-order valence-electron chi connectivity index (χ4n) is 2.07. The number of nitrogens with zero attached hydrogens (tertiary/aromatic N) is 2. The third-order valence-corrected chi connectivity index (χ3v) is 3.34. The van der Waals surface area contributed by atoms with Crippen molar-refractivity contribution in [2.45, 2.75) is 13.0 Å². The van der Waals surface area contributed by atoms with Crippen molar-refractivity contribution >= 4 is 0 Å². The number of aromatic nitrogens is 3. The number of nitrogens with one attached hydrogen (secondary N) is 1. The van der Waals surface area contributed by atoms with Crippen LogP contribution in [0.15, 0.2) is 48.5 Å². The van der Waals surface area contributed by atoms with Crippen LogP contribution in [0.1, 0.15) is 23.0 Å². The van der Waals surface area contributed by atoms with E-state index in [0.717, 1.165) is 11.1 Å². The molecule has 4 nitrogen and oxygen atoms in total. The van der Waals surface area contributed by atoms with Crippen LogP contribution in [-0.4, -0.2) is 15.2 Å². The van der Waals surface area contributed by atoms with E-state index in [2.05, 4.69) is 15.2 Å². The van der Waals surface area contributed by atoms with Gasteiger partial charge in [-0.25, -0.2) is 9.37 Å². The zero-order valence-electron chi connectivity index (χ0n) is 11.5. The van der Waals surface area contributed by atoms with Gasteiger partial charge in [0.25, 0.3) is 0 Å². The molecule has 0 unspecified atom stereocenters. The summed E-state index contributed by atoms with van der Waals surface area (Å²) in [6.07, 6.45) is 0. The first-order chi connectivity index (χ1) is 10.1. The lowest BCUT2D eigenvalue weighted by Gasteiger charge is -2.07. The molecule has 106 valence electrons. The minimum absolute atomic E-state index is 0.288. The normalized spacial score (nSPS) is 12.3. The summed E-state index contributed by atoms with van der Waals surface area (Å²) in [7, 11) is 0. The van der Waals surface area contributed by atoms with Crippen molar-refractivity contribution in [2.24, 2.45) is 5.73 Å². The molecule has 0 aliphatic heterocycles. The SMILES string of the molecule is Cc1ccc(-c2n[nH]c([C@@H](N)c3ccc(F)cc3)n2)cc1. The Labute approximate surface area is 121 Å². The number of benzene rings is 2. The van der Waals surface area contributed by atoms with Crippen LogP contribution in [0.2, 0.25) is 0 Å². The molecule has 2 aromatic carbocycles. The van der Waals surface area contributed by atoms with E-state index in [1.54, 1.807) is 12.1 Å². The Kier molecular flexibility index (Phi) is 3.50. The molecule has 3 rings (SSSR count). The van der Waals surface area contributed by atoms with E-state index in [1.807, 2.05) is 31.2 Å². The number of hydrogen-bond acceptors (Lipinski definition) is 3. The van der Waals surface area contributed by atoms with Crippen LogP contribution in [0.4, 0.5) is 4.39 Å². The third-order valence-electron chi connectivity index (χ3n) is 3.34. The van der Waals surface area contributed by atoms with Crippen LogP contribution < -0.4 is 5.73 Å². The highest BCUT2D eigenvalue weighted by atomic mass is 19.1. The first kappa shape index (κ1) is 13.5. The Hall–Kier alpha value is -2.53. The van der Waals surface area contributed by atoms with Gasteiger partial charge in [-0.3, -0.25) is 5.10 Å². The van der Waals surface area contributed by atoms with Crippen molar-refractivity contribution in [3.8, 4) is 11.4 Å². The molecule has 0 fully saturated rings. The number of aryl methyl sites for hydroxylation is 1. The minimum Gasteiger partial charge on any atom is -0.318 e. The van der Waals surface area contributed by atoms with Gasteiger partial charge in [-0.15, -0.1) is 0 Å². The highest BCUT2D eigenvalue weighted by molar-refractivity contribution is 5.55. The standard InChI is InChI=1S/C16H15FN4/c1-10-2-4-12(5-3-10)15-19-16(21-20-15)14(18)11-6-8-13(17)9-7-11/h2-9,14H,18H2,1H3,(H,19,20,21)/t14-/m0/s1. The Morgan fingerprint density at radius 2 is 1.71 bits per heavy atom. The molecule has 3 aromatic rings. The summed E-state index contributed by atoms with van der Waals surface area (Å²) in [4.78, 5) is 4.42. The zero-order valence-corrected chi connectivity index (χ0v) is 11.5. The molecule has 1 heterocycles. The first-order valence-corrected chi connectivity index (χ1v) is 6.64. The van der Waals surface area contributed by atoms with Gasteiger partial charge in [-0.1, -0.05) is 42.0 Å². The number of halogens is 1. The maximum Gasteiger partial charge on any atom is 0.181 e. The summed E-state index contributed by atoms with van der Waals surface area (Å²) in [5, 5.41) is 7.04. The van der Waals surface area contributed by atoms with Crippen LogP contribution in [0, 0.1) is 12.7 Å². The number of nitrogens with two attached hydrogens (primary N) is 1. The molecule has 1 aromatic heterocycles. The molecule has 0 saturated heterocycles. The molecule has 0 bridgehead atoms. The lowest BCUT2D eigenvalue weighted by atomic mass is 10.1. The van der Waals surface area contributed by atoms with Crippen LogP contribution >= 0.6 is 0 Å². The molecule has 1 atom stereocenters. The maximum atomic E-state index is 12.9. The van der Waals surface area contributed by atoms with Gasteiger partial charge in [0.2, 0.25) is 0 Å². The number of rotatable bonds is 3. The summed E-state index contributed by atoms with van der Waals surface area (Å²) >= 11 is 0. The quantitative estimate of drug-likeness (QED) is 0.776. The molecule has 0 spiro atoms. The lowest BCUT2D eigenvalue weighted by molar-refractivity contribution is 0.626. The van der Waals surface area contributed by atoms with E-state index in [1.165, 1.54) is 17.7 Å². The second kappa shape index (κ2) is 5.46. The van der Waals surface area contributed by atoms with Gasteiger partial charge in [-0.05, 0) is 24.6 Å². The molecular weight excluding hydrogens is 267 g/mol. The Morgan fingerprint density at radius 3 is 2.38 bits per heavy atom. The maximum absolute atomic E-state index is 12.9. The summed E-state index contributed by atoms with van der Waals surface area (Å²) in [6, 6.07) is 13.5. The van der Waals surface area contributed by atoms with Crippen molar-refractivity contribution in [2.75, 3.05) is 0 Å². The van der Waals surface area contributed by atoms with Gasteiger partial charge in [0.1, 0.15) is 11.6 Å². The van der Waals surface area contributed by atoms with Gasteiger partial charge >= 0.3 is 0 Å². The zero-order chi connectivity index (χ0) is 14.8. The molecule has 3 N–H and O–H groups in total. The highest BCUT2D eigenvalue weighted by Gasteiger charge is 2.14. The predicted octanol–water partition coefficient (Wildman–Crippen LogP) is 2.97. The van der Waals surface area contributed by atoms with Crippen molar-refractivity contribution < 1.29 is 4.39 Å². The fraction of sp³-hybridized carbons (Fsp3) is 0.125. The average molecular weight is 282 g/mol. The van der Waals surface area contributed by atoms with E-state index >= 15 is 0 Å². The summed E-state index contributed by atoms with van der Waals surface area (Å²) in [5.41, 5.74) is 9.01. The molecule has 5 heteroatoms. The molecule has 0 aliphatic carbocycles. The molecule has 0 aliphatic rings. The van der Waals surface area contributed by atoms with Gasteiger partial charge in [0.15, 0.2) is 5.82 Å². The van der Waals surface area contributed by atoms with Crippen molar-refractivity contribution in [1.82, 2.24) is 15.2 Å². The molecule has 0 saturated carbocycles. The van der Waals surface area contributed by atoms with Crippen LogP contribution in [0.5, 0.6) is 0 Å². The molecule has 21 heavy (non-hydrogen) atoms. The fourth-order valence-corrected chi connectivity index (χ4v) is 2.07. The van der Waals surface area contributed by atoms with Crippen LogP contribution in [0.3, 0.4) is 0 Å². The van der Waals surface area contributed by atoms with E-state index in [0.29, 0.717) is 11.6 Å². The minimum atomic E-state index is -0.461. The number of hydrogen-bond donors (Lipinski definition) is 2. The van der Waals surface area contributed by atoms with Gasteiger partial charge in [-0.2, -0.15) is 5.10 Å². The monoisotopic (exact) mass is 282 g/mol. The number of aromatic amines is 1. The summed E-state index contributed by atoms with van der Waals surface area (Å²) in [5.74, 6) is 0.864. The second-order valence-electron chi connectivity index (χ2n) is 4.94. The van der Waals surface area contributed by atoms with Gasteiger partial charge in [0.05, 0.1) is 6.04 Å². The smallest absolute Gasteiger partial charge is 0.181 e. The lowest BCUT2D eigenvalue weighted by Crippen LogP contribution is -2.13. The third kappa shape index (κ3) is 2.83. The predicted molar refractivity (Wildman–Crippen MR) is 79.0 cm³/mol. The molecule has 0 amide bonds. The van der Waals surface area contributed by atoms with E-state index in [-0.39, 0.29) is 5.82 Å². The van der Waals surface area contributed by atoms with E-state index in [9.17, 15) is 4.39 Å². The highest BCUT2D eigenvalue weighted by Crippen LogP contribution is 2.20. The molecule has 0 radical (unpaired) electrons. The Morgan fingerprint density at radius 1 is 1.05 bits per heavy atom. The summed E-state index contributed by atoms with van der Waals surface area (Å²) in [6.45, 7) is 2.03. The Balaban J connectivity index is 1.87. The molecular formula is C16H15FN4. The van der Waals surface area contributed by atoms with Crippen LogP contribution in [0.25, 0.3) is 11.4 Å².